The molecular formula is C10H16N4. The third-order valence-corrected chi connectivity index (χ3v) is 2.43. The first-order valence-electron chi connectivity index (χ1n) is 5.20. The van der Waals surface area contributed by atoms with E-state index in [9.17, 15) is 0 Å². The highest BCUT2D eigenvalue weighted by Crippen LogP contribution is 2.21. The van der Waals surface area contributed by atoms with Crippen LogP contribution in [0.4, 0.5) is 5.95 Å². The number of anilines is 1. The summed E-state index contributed by atoms with van der Waals surface area (Å²) in [6.07, 6.45) is 4.24. The van der Waals surface area contributed by atoms with Crippen molar-refractivity contribution in [2.24, 2.45) is 0 Å². The topological polar surface area (TPSA) is 49.8 Å². The highest BCUT2D eigenvalue weighted by molar-refractivity contribution is 5.26. The molecule has 1 fully saturated rings. The fourth-order valence-corrected chi connectivity index (χ4v) is 1.75. The van der Waals surface area contributed by atoms with Crippen molar-refractivity contribution in [2.75, 3.05) is 18.4 Å². The van der Waals surface area contributed by atoms with Gasteiger partial charge in [-0.3, -0.25) is 0 Å². The number of rotatable bonds is 3. The number of nitrogens with one attached hydrogen (secondary N) is 2. The minimum Gasteiger partial charge on any atom is -0.354 e. The van der Waals surface area contributed by atoms with Crippen LogP contribution in [0.5, 0.6) is 0 Å². The summed E-state index contributed by atoms with van der Waals surface area (Å²) >= 11 is 0. The van der Waals surface area contributed by atoms with Crippen LogP contribution >= 0.6 is 0 Å². The summed E-state index contributed by atoms with van der Waals surface area (Å²) in [6.45, 7) is 4.01. The van der Waals surface area contributed by atoms with Gasteiger partial charge in [0.25, 0.3) is 0 Å². The molecule has 76 valence electrons. The van der Waals surface area contributed by atoms with Crippen molar-refractivity contribution in [1.29, 1.82) is 0 Å². The molecule has 0 saturated carbocycles. The summed E-state index contributed by atoms with van der Waals surface area (Å²) in [5, 5.41) is 6.55. The molecule has 1 aliphatic rings. The molecule has 0 spiro atoms. The van der Waals surface area contributed by atoms with Crippen LogP contribution in [0.15, 0.2) is 12.3 Å². The zero-order valence-corrected chi connectivity index (χ0v) is 8.45. The Hall–Kier alpha value is -1.16. The molecule has 0 radical (unpaired) electrons. The molecule has 0 amide bonds. The van der Waals surface area contributed by atoms with Gasteiger partial charge in [0, 0.05) is 18.8 Å². The lowest BCUT2D eigenvalue weighted by Gasteiger charge is -2.10. The third kappa shape index (κ3) is 2.01. The fraction of sp³-hybridized carbons (Fsp3) is 0.600. The maximum absolute atomic E-state index is 4.46. The molecule has 2 N–H and O–H groups in total. The highest BCUT2D eigenvalue weighted by Gasteiger charge is 2.17. The quantitative estimate of drug-likeness (QED) is 0.758. The molecule has 1 unspecified atom stereocenters. The largest absolute Gasteiger partial charge is 0.354 e. The predicted octanol–water partition coefficient (Wildman–Crippen LogP) is 1.33. The van der Waals surface area contributed by atoms with Gasteiger partial charge in [0.05, 0.1) is 5.69 Å². The van der Waals surface area contributed by atoms with Crippen LogP contribution < -0.4 is 10.6 Å². The Morgan fingerprint density at radius 1 is 1.64 bits per heavy atom. The van der Waals surface area contributed by atoms with Crippen molar-refractivity contribution in [2.45, 2.75) is 25.8 Å². The smallest absolute Gasteiger partial charge is 0.222 e. The Labute approximate surface area is 84.2 Å². The molecule has 1 aromatic rings. The molecule has 4 nitrogen and oxygen atoms in total. The molecule has 1 atom stereocenters. The van der Waals surface area contributed by atoms with E-state index in [1.165, 1.54) is 12.8 Å². The van der Waals surface area contributed by atoms with Crippen molar-refractivity contribution < 1.29 is 0 Å². The first-order valence-corrected chi connectivity index (χ1v) is 5.20. The Kier molecular flexibility index (Phi) is 2.93. The molecule has 14 heavy (non-hydrogen) atoms. The molecule has 0 aliphatic carbocycles. The third-order valence-electron chi connectivity index (χ3n) is 2.43. The highest BCUT2D eigenvalue weighted by atomic mass is 15.1. The van der Waals surface area contributed by atoms with Crippen molar-refractivity contribution in [3.05, 3.63) is 18.0 Å². The van der Waals surface area contributed by atoms with Crippen molar-refractivity contribution in [3.8, 4) is 0 Å². The normalized spacial score (nSPS) is 21.1. The zero-order valence-electron chi connectivity index (χ0n) is 8.45. The molecule has 2 rings (SSSR count). The predicted molar refractivity (Wildman–Crippen MR) is 56.2 cm³/mol. The van der Waals surface area contributed by atoms with E-state index in [0.717, 1.165) is 24.7 Å². The van der Waals surface area contributed by atoms with Crippen LogP contribution in [0.2, 0.25) is 0 Å². The summed E-state index contributed by atoms with van der Waals surface area (Å²) in [7, 11) is 0. The molecule has 4 heteroatoms. The van der Waals surface area contributed by atoms with E-state index in [1.54, 1.807) is 0 Å². The zero-order chi connectivity index (χ0) is 9.80. The maximum atomic E-state index is 4.46. The maximum Gasteiger partial charge on any atom is 0.222 e. The Balaban J connectivity index is 2.12. The summed E-state index contributed by atoms with van der Waals surface area (Å²) in [4.78, 5) is 8.61. The lowest BCUT2D eigenvalue weighted by Crippen LogP contribution is -2.15. The Morgan fingerprint density at radius 2 is 2.57 bits per heavy atom. The SMILES string of the molecule is CCNc1nccc(C2CCCN2)n1. The van der Waals surface area contributed by atoms with Crippen molar-refractivity contribution in [1.82, 2.24) is 15.3 Å². The molecule has 1 saturated heterocycles. The van der Waals surface area contributed by atoms with E-state index in [2.05, 4.69) is 20.6 Å². The first kappa shape index (κ1) is 9.40. The second-order valence-electron chi connectivity index (χ2n) is 3.48. The molecule has 1 aromatic heterocycles. The lowest BCUT2D eigenvalue weighted by molar-refractivity contribution is 0.626. The molecule has 1 aliphatic heterocycles. The fourth-order valence-electron chi connectivity index (χ4n) is 1.75. The number of aromatic nitrogens is 2. The monoisotopic (exact) mass is 192 g/mol. The summed E-state index contributed by atoms with van der Waals surface area (Å²) in [5.41, 5.74) is 1.11. The van der Waals surface area contributed by atoms with Crippen LogP contribution in [-0.4, -0.2) is 23.1 Å². The average Bonchev–Trinajstić information content (AvgIpc) is 2.71. The van der Waals surface area contributed by atoms with E-state index in [4.69, 9.17) is 0 Å². The molecular weight excluding hydrogens is 176 g/mol. The average molecular weight is 192 g/mol. The van der Waals surface area contributed by atoms with Gasteiger partial charge in [0.15, 0.2) is 0 Å². The van der Waals surface area contributed by atoms with Gasteiger partial charge in [-0.2, -0.15) is 0 Å². The van der Waals surface area contributed by atoms with E-state index in [1.807, 2.05) is 19.2 Å². The van der Waals surface area contributed by atoms with Gasteiger partial charge in [-0.05, 0) is 32.4 Å². The van der Waals surface area contributed by atoms with Gasteiger partial charge in [-0.15, -0.1) is 0 Å². The number of hydrogen-bond donors (Lipinski definition) is 2. The van der Waals surface area contributed by atoms with Gasteiger partial charge in [0.1, 0.15) is 0 Å². The van der Waals surface area contributed by atoms with Gasteiger partial charge in [-0.25, -0.2) is 9.97 Å². The molecule has 0 aromatic carbocycles. The van der Waals surface area contributed by atoms with Gasteiger partial charge in [-0.1, -0.05) is 0 Å². The standard InChI is InChI=1S/C10H16N4/c1-2-11-10-13-7-5-9(14-10)8-4-3-6-12-8/h5,7-8,12H,2-4,6H2,1H3,(H,11,13,14). The van der Waals surface area contributed by atoms with Crippen LogP contribution in [0, 0.1) is 0 Å². The number of hydrogen-bond acceptors (Lipinski definition) is 4. The summed E-state index contributed by atoms with van der Waals surface area (Å²) in [6, 6.07) is 2.42. The number of nitrogens with zero attached hydrogens (tertiary/aromatic N) is 2. The van der Waals surface area contributed by atoms with E-state index in [-0.39, 0.29) is 0 Å². The summed E-state index contributed by atoms with van der Waals surface area (Å²) in [5.74, 6) is 0.735. The van der Waals surface area contributed by atoms with E-state index < -0.39 is 0 Å². The van der Waals surface area contributed by atoms with Crippen LogP contribution in [-0.2, 0) is 0 Å². The Morgan fingerprint density at radius 3 is 3.29 bits per heavy atom. The van der Waals surface area contributed by atoms with Gasteiger partial charge < -0.3 is 10.6 Å². The van der Waals surface area contributed by atoms with Crippen LogP contribution in [0.3, 0.4) is 0 Å². The second kappa shape index (κ2) is 4.37. The first-order chi connectivity index (χ1) is 6.90. The second-order valence-corrected chi connectivity index (χ2v) is 3.48. The van der Waals surface area contributed by atoms with Crippen LogP contribution in [0.25, 0.3) is 0 Å². The Bertz CT molecular complexity index is 294. The minimum atomic E-state index is 0.426. The summed E-state index contributed by atoms with van der Waals surface area (Å²) < 4.78 is 0. The van der Waals surface area contributed by atoms with E-state index in [0.29, 0.717) is 6.04 Å². The molecule has 0 bridgehead atoms. The van der Waals surface area contributed by atoms with Crippen molar-refractivity contribution >= 4 is 5.95 Å². The van der Waals surface area contributed by atoms with E-state index >= 15 is 0 Å². The van der Waals surface area contributed by atoms with Crippen LogP contribution in [0.1, 0.15) is 31.5 Å². The van der Waals surface area contributed by atoms with Gasteiger partial charge in [0.2, 0.25) is 5.95 Å². The molecule has 2 heterocycles. The van der Waals surface area contributed by atoms with Gasteiger partial charge >= 0.3 is 0 Å². The van der Waals surface area contributed by atoms with Crippen molar-refractivity contribution in [3.63, 3.8) is 0 Å². The minimum absolute atomic E-state index is 0.426. The lowest BCUT2D eigenvalue weighted by atomic mass is 10.1.